The van der Waals surface area contributed by atoms with Gasteiger partial charge in [0.1, 0.15) is 13.2 Å². The van der Waals surface area contributed by atoms with E-state index >= 15 is 0 Å². The van der Waals surface area contributed by atoms with Crippen molar-refractivity contribution in [3.63, 3.8) is 0 Å². The molecule has 0 heterocycles. The monoisotopic (exact) mass is 1120 g/mol. The predicted octanol–water partition coefficient (Wildman–Crippen LogP) is 23.8. The molecule has 0 fully saturated rings. The summed E-state index contributed by atoms with van der Waals surface area (Å²) in [5.74, 6) is -0.945. The summed E-state index contributed by atoms with van der Waals surface area (Å²) in [6.07, 6.45) is 93.9. The minimum absolute atomic E-state index is 0.0948. The van der Waals surface area contributed by atoms with Gasteiger partial charge in [0.05, 0.1) is 0 Å². The lowest BCUT2D eigenvalue weighted by atomic mass is 10.0. The Morgan fingerprint density at radius 2 is 0.494 bits per heavy atom. The van der Waals surface area contributed by atoms with Gasteiger partial charge < -0.3 is 14.2 Å². The van der Waals surface area contributed by atoms with E-state index < -0.39 is 6.10 Å². The zero-order valence-corrected chi connectivity index (χ0v) is 53.3. The molecule has 0 amide bonds. The van der Waals surface area contributed by atoms with Crippen LogP contribution in [0.2, 0.25) is 0 Å². The lowest BCUT2D eigenvalue weighted by Crippen LogP contribution is -2.30. The zero-order chi connectivity index (χ0) is 58.5. The van der Waals surface area contributed by atoms with Crippen LogP contribution in [0.25, 0.3) is 0 Å². The average molecular weight is 1130 g/mol. The van der Waals surface area contributed by atoms with Crippen molar-refractivity contribution in [2.24, 2.45) is 0 Å². The predicted molar refractivity (Wildman–Crippen MR) is 353 cm³/mol. The highest BCUT2D eigenvalue weighted by atomic mass is 16.6. The number of allylic oxidation sites excluding steroid dienone is 18. The molecule has 0 aliphatic carbocycles. The topological polar surface area (TPSA) is 78.9 Å². The summed E-state index contributed by atoms with van der Waals surface area (Å²) >= 11 is 0. The van der Waals surface area contributed by atoms with Gasteiger partial charge in [-0.1, -0.05) is 316 Å². The number of hydrogen-bond acceptors (Lipinski definition) is 6. The third kappa shape index (κ3) is 66.8. The first-order chi connectivity index (χ1) is 40.0. The van der Waals surface area contributed by atoms with Crippen molar-refractivity contribution in [3.8, 4) is 0 Å². The molecule has 0 radical (unpaired) electrons. The molecule has 0 aromatic carbocycles. The molecule has 6 nitrogen and oxygen atoms in total. The van der Waals surface area contributed by atoms with E-state index in [-0.39, 0.29) is 37.5 Å². The lowest BCUT2D eigenvalue weighted by molar-refractivity contribution is -0.167. The van der Waals surface area contributed by atoms with Crippen LogP contribution in [-0.4, -0.2) is 37.2 Å². The number of rotatable bonds is 62. The van der Waals surface area contributed by atoms with Crippen molar-refractivity contribution >= 4 is 17.9 Å². The van der Waals surface area contributed by atoms with Crippen LogP contribution >= 0.6 is 0 Å². The summed E-state index contributed by atoms with van der Waals surface area (Å²) in [5, 5.41) is 0. The van der Waals surface area contributed by atoms with Gasteiger partial charge in [-0.25, -0.2) is 0 Å². The van der Waals surface area contributed by atoms with E-state index in [0.717, 1.165) is 96.3 Å². The molecule has 0 saturated carbocycles. The molecular weight excluding hydrogens is 997 g/mol. The van der Waals surface area contributed by atoms with Crippen LogP contribution in [0.4, 0.5) is 0 Å². The fourth-order valence-corrected chi connectivity index (χ4v) is 9.64. The number of esters is 3. The number of ether oxygens (including phenoxy) is 3. The summed E-state index contributed by atoms with van der Waals surface area (Å²) < 4.78 is 16.9. The highest BCUT2D eigenvalue weighted by molar-refractivity contribution is 5.71. The summed E-state index contributed by atoms with van der Waals surface area (Å²) in [4.78, 5) is 38.4. The SMILES string of the molecule is CC/C=C\C/C=C\C/C=C\C/C=C\C/C=C\C/C=C\C/C=C\CCCC(=O)OCC(COC(=O)CCCCCCCCCCCCCCCCCCC)OC(=O)CCCCCCCCCCCCC/C=C\C/C=C\CCCCCCC. The molecule has 1 atom stereocenters. The van der Waals surface area contributed by atoms with Crippen LogP contribution in [0.5, 0.6) is 0 Å². The maximum atomic E-state index is 13.0. The molecule has 0 aliphatic rings. The van der Waals surface area contributed by atoms with E-state index in [4.69, 9.17) is 14.2 Å². The van der Waals surface area contributed by atoms with E-state index in [1.54, 1.807) is 0 Å². The van der Waals surface area contributed by atoms with Gasteiger partial charge in [-0.2, -0.15) is 0 Å². The second kappa shape index (κ2) is 68.6. The molecule has 0 aliphatic heterocycles. The molecule has 0 rings (SSSR count). The molecule has 0 saturated heterocycles. The van der Waals surface area contributed by atoms with E-state index in [0.29, 0.717) is 19.3 Å². The fourth-order valence-electron chi connectivity index (χ4n) is 9.64. The largest absolute Gasteiger partial charge is 0.462 e. The third-order valence-electron chi connectivity index (χ3n) is 14.8. The maximum Gasteiger partial charge on any atom is 0.306 e. The summed E-state index contributed by atoms with van der Waals surface area (Å²) in [7, 11) is 0. The maximum absolute atomic E-state index is 13.0. The summed E-state index contributed by atoms with van der Waals surface area (Å²) in [5.41, 5.74) is 0. The zero-order valence-electron chi connectivity index (χ0n) is 53.3. The smallest absolute Gasteiger partial charge is 0.306 e. The van der Waals surface area contributed by atoms with Crippen molar-refractivity contribution in [2.75, 3.05) is 13.2 Å². The third-order valence-corrected chi connectivity index (χ3v) is 14.8. The molecule has 1 unspecified atom stereocenters. The molecule has 0 spiro atoms. The normalized spacial score (nSPS) is 12.8. The van der Waals surface area contributed by atoms with Crippen molar-refractivity contribution in [1.29, 1.82) is 0 Å². The van der Waals surface area contributed by atoms with Crippen LogP contribution in [0, 0.1) is 0 Å². The lowest BCUT2D eigenvalue weighted by Gasteiger charge is -2.18. The molecule has 6 heteroatoms. The van der Waals surface area contributed by atoms with Gasteiger partial charge in [0.15, 0.2) is 6.10 Å². The van der Waals surface area contributed by atoms with E-state index in [1.165, 1.54) is 186 Å². The second-order valence-electron chi connectivity index (χ2n) is 22.7. The highest BCUT2D eigenvalue weighted by Gasteiger charge is 2.19. The molecular formula is C75H128O6. The van der Waals surface area contributed by atoms with Crippen LogP contribution in [0.3, 0.4) is 0 Å². The second-order valence-corrected chi connectivity index (χ2v) is 22.7. The fraction of sp³-hybridized carbons (Fsp3) is 0.720. The van der Waals surface area contributed by atoms with Crippen LogP contribution in [0.15, 0.2) is 109 Å². The van der Waals surface area contributed by atoms with Crippen LogP contribution in [0.1, 0.15) is 329 Å². The first-order valence-electron chi connectivity index (χ1n) is 34.4. The Kier molecular flexibility index (Phi) is 65.2. The van der Waals surface area contributed by atoms with Gasteiger partial charge in [0.25, 0.3) is 0 Å². The van der Waals surface area contributed by atoms with Gasteiger partial charge in [0.2, 0.25) is 0 Å². The van der Waals surface area contributed by atoms with Gasteiger partial charge in [-0.15, -0.1) is 0 Å². The number of hydrogen-bond donors (Lipinski definition) is 0. The van der Waals surface area contributed by atoms with Crippen LogP contribution < -0.4 is 0 Å². The molecule has 464 valence electrons. The first kappa shape index (κ1) is 77.1. The van der Waals surface area contributed by atoms with E-state index in [1.807, 2.05) is 0 Å². The Morgan fingerprint density at radius 1 is 0.259 bits per heavy atom. The van der Waals surface area contributed by atoms with Crippen LogP contribution in [-0.2, 0) is 28.6 Å². The van der Waals surface area contributed by atoms with Gasteiger partial charge in [0, 0.05) is 19.3 Å². The Bertz CT molecular complexity index is 1620. The van der Waals surface area contributed by atoms with E-state index in [9.17, 15) is 14.4 Å². The standard InChI is InChI=1S/C75H128O6/c1-4-7-10-13-16-19-22-25-28-31-33-35-37-39-41-44-47-50-53-56-59-62-65-68-74(77)80-71-72(70-79-73(76)67-64-61-58-55-52-49-46-43-30-27-24-21-18-15-12-9-6-3)81-75(78)69-66-63-60-57-54-51-48-45-42-40-38-36-34-32-29-26-23-20-17-14-11-8-5-2/h7,10,16,19,23,25-26,28,32-35,39,41,47,50,56,59,72H,4-6,8-9,11-15,17-18,20-22,24,27,29-31,36-38,40,42-46,48-49,51-55,57-58,60-71H2,1-3H3/b10-7-,19-16-,26-23-,28-25-,34-32-,35-33-,41-39-,50-47-,59-56-. The van der Waals surface area contributed by atoms with E-state index in [2.05, 4.69) is 130 Å². The number of carbonyl (C=O) groups is 3. The Labute approximate surface area is 501 Å². The van der Waals surface area contributed by atoms with Crippen molar-refractivity contribution in [1.82, 2.24) is 0 Å². The molecule has 0 bridgehead atoms. The van der Waals surface area contributed by atoms with Crippen molar-refractivity contribution in [3.05, 3.63) is 109 Å². The van der Waals surface area contributed by atoms with Gasteiger partial charge >= 0.3 is 17.9 Å². The highest BCUT2D eigenvalue weighted by Crippen LogP contribution is 2.17. The van der Waals surface area contributed by atoms with Gasteiger partial charge in [-0.05, 0) is 103 Å². The molecule has 0 aromatic rings. The van der Waals surface area contributed by atoms with Gasteiger partial charge in [-0.3, -0.25) is 14.4 Å². The Morgan fingerprint density at radius 3 is 0.802 bits per heavy atom. The molecule has 81 heavy (non-hydrogen) atoms. The summed E-state index contributed by atoms with van der Waals surface area (Å²) in [6, 6.07) is 0. The summed E-state index contributed by atoms with van der Waals surface area (Å²) in [6.45, 7) is 6.51. The van der Waals surface area contributed by atoms with Crippen molar-refractivity contribution < 1.29 is 28.6 Å². The Hall–Kier alpha value is -3.93. The number of carbonyl (C=O) groups excluding carboxylic acids is 3. The molecule has 0 aromatic heterocycles. The molecule has 0 N–H and O–H groups in total. The minimum atomic E-state index is -0.805. The quantitative estimate of drug-likeness (QED) is 0.0261. The minimum Gasteiger partial charge on any atom is -0.462 e. The Balaban J connectivity index is 4.46. The number of unbranched alkanes of at least 4 members (excludes halogenated alkanes) is 33. The average Bonchev–Trinajstić information content (AvgIpc) is 3.47. The first-order valence-corrected chi connectivity index (χ1v) is 34.4. The van der Waals surface area contributed by atoms with Crippen molar-refractivity contribution in [2.45, 2.75) is 335 Å².